The Morgan fingerprint density at radius 1 is 1.13 bits per heavy atom. The van der Waals surface area contributed by atoms with E-state index >= 15 is 0 Å². The maximum absolute atomic E-state index is 12.6. The minimum absolute atomic E-state index is 0.0439. The van der Waals surface area contributed by atoms with Crippen LogP contribution in [0, 0.1) is 6.92 Å². The zero-order valence-corrected chi connectivity index (χ0v) is 13.6. The van der Waals surface area contributed by atoms with Crippen LogP contribution in [0.2, 0.25) is 10.0 Å². The van der Waals surface area contributed by atoms with Crippen molar-refractivity contribution in [1.82, 2.24) is 8.97 Å². The molecule has 0 radical (unpaired) electrons. The molecule has 0 bridgehead atoms. The number of pyridine rings is 1. The summed E-state index contributed by atoms with van der Waals surface area (Å²) in [5, 5.41) is 10.8. The van der Waals surface area contributed by atoms with Gasteiger partial charge in [-0.2, -0.15) is 0 Å². The van der Waals surface area contributed by atoms with E-state index in [9.17, 15) is 14.7 Å². The molecule has 0 aliphatic heterocycles. The van der Waals surface area contributed by atoms with Crippen molar-refractivity contribution < 1.29 is 5.11 Å². The van der Waals surface area contributed by atoms with Gasteiger partial charge in [-0.25, -0.2) is 0 Å². The summed E-state index contributed by atoms with van der Waals surface area (Å²) in [4.78, 5) is 24.2. The zero-order chi connectivity index (χ0) is 16.7. The van der Waals surface area contributed by atoms with Gasteiger partial charge in [-0.1, -0.05) is 29.3 Å². The first-order valence-electron chi connectivity index (χ1n) is 6.77. The fraction of sp³-hybridized carbons (Fsp3) is 0.125. The second-order valence-electron chi connectivity index (χ2n) is 5.20. The number of aromatic nitrogens is 2. The summed E-state index contributed by atoms with van der Waals surface area (Å²) in [6.45, 7) is 2.03. The molecule has 1 aromatic carbocycles. The molecular formula is C16H12Cl2N2O3. The summed E-state index contributed by atoms with van der Waals surface area (Å²) in [6.07, 6.45) is 3.12. The Labute approximate surface area is 141 Å². The van der Waals surface area contributed by atoms with Gasteiger partial charge < -0.3 is 14.1 Å². The van der Waals surface area contributed by atoms with Gasteiger partial charge in [0, 0.05) is 24.2 Å². The summed E-state index contributed by atoms with van der Waals surface area (Å²) in [5.41, 5.74) is 0.390. The van der Waals surface area contributed by atoms with Crippen molar-refractivity contribution in [3.63, 3.8) is 0 Å². The molecule has 0 aliphatic carbocycles. The Morgan fingerprint density at radius 3 is 2.57 bits per heavy atom. The lowest BCUT2D eigenvalue weighted by Crippen LogP contribution is -2.25. The molecule has 3 rings (SSSR count). The summed E-state index contributed by atoms with van der Waals surface area (Å²) in [7, 11) is 0. The molecule has 0 fully saturated rings. The maximum Gasteiger partial charge on any atom is 0.279 e. The Kier molecular flexibility index (Phi) is 3.92. The van der Waals surface area contributed by atoms with Crippen LogP contribution in [0.25, 0.3) is 5.52 Å². The second-order valence-corrected chi connectivity index (χ2v) is 6.01. The molecule has 0 saturated carbocycles. The minimum atomic E-state index is -0.589. The van der Waals surface area contributed by atoms with Crippen LogP contribution < -0.4 is 11.0 Å². The van der Waals surface area contributed by atoms with Crippen LogP contribution in [0.3, 0.4) is 0 Å². The van der Waals surface area contributed by atoms with Gasteiger partial charge in [0.25, 0.3) is 5.56 Å². The third kappa shape index (κ3) is 2.73. The Balaban J connectivity index is 2.20. The molecule has 0 spiro atoms. The van der Waals surface area contributed by atoms with Crippen LogP contribution in [0.4, 0.5) is 0 Å². The highest BCUT2D eigenvalue weighted by molar-refractivity contribution is 6.42. The Bertz CT molecular complexity index is 1040. The number of halogens is 2. The third-order valence-corrected chi connectivity index (χ3v) is 4.34. The van der Waals surface area contributed by atoms with E-state index in [-0.39, 0.29) is 12.1 Å². The summed E-state index contributed by atoms with van der Waals surface area (Å²) >= 11 is 11.9. The average Bonchev–Trinajstić information content (AvgIpc) is 2.51. The molecule has 118 valence electrons. The number of fused-ring (bicyclic) bond motifs is 1. The van der Waals surface area contributed by atoms with Crippen molar-refractivity contribution in [3.05, 3.63) is 78.5 Å². The van der Waals surface area contributed by atoms with E-state index in [4.69, 9.17) is 23.2 Å². The first kappa shape index (κ1) is 15.6. The number of aryl methyl sites for hydroxylation is 1. The van der Waals surface area contributed by atoms with Crippen molar-refractivity contribution >= 4 is 28.7 Å². The quantitative estimate of drug-likeness (QED) is 0.772. The molecule has 0 amide bonds. The molecule has 0 saturated heterocycles. The SMILES string of the molecule is Cc1cn(Cc2ccc(Cl)c(Cl)c2)c(=O)c2c(O)c(=O)ccn12. The van der Waals surface area contributed by atoms with Gasteiger partial charge >= 0.3 is 0 Å². The number of benzene rings is 1. The highest BCUT2D eigenvalue weighted by Crippen LogP contribution is 2.23. The smallest absolute Gasteiger partial charge is 0.279 e. The van der Waals surface area contributed by atoms with Crippen molar-refractivity contribution in [2.75, 3.05) is 0 Å². The number of hydrogen-bond donors (Lipinski definition) is 1. The highest BCUT2D eigenvalue weighted by Gasteiger charge is 2.12. The van der Waals surface area contributed by atoms with E-state index in [0.717, 1.165) is 5.56 Å². The Hall–Kier alpha value is -2.24. The molecule has 3 aromatic rings. The topological polar surface area (TPSA) is 63.7 Å². The van der Waals surface area contributed by atoms with Gasteiger partial charge in [-0.05, 0) is 24.6 Å². The van der Waals surface area contributed by atoms with Crippen molar-refractivity contribution in [2.45, 2.75) is 13.5 Å². The fourth-order valence-corrected chi connectivity index (χ4v) is 2.78. The lowest BCUT2D eigenvalue weighted by atomic mass is 10.2. The molecule has 0 aliphatic rings. The molecule has 2 heterocycles. The number of hydrogen-bond acceptors (Lipinski definition) is 3. The normalized spacial score (nSPS) is 11.1. The molecule has 0 atom stereocenters. The summed E-state index contributed by atoms with van der Waals surface area (Å²) in [5.74, 6) is -0.552. The summed E-state index contributed by atoms with van der Waals surface area (Å²) in [6, 6.07) is 6.31. The lowest BCUT2D eigenvalue weighted by Gasteiger charge is -2.12. The van der Waals surface area contributed by atoms with Crippen molar-refractivity contribution in [3.8, 4) is 5.75 Å². The van der Waals surface area contributed by atoms with Crippen LogP contribution in [-0.4, -0.2) is 14.1 Å². The number of aromatic hydroxyl groups is 1. The van der Waals surface area contributed by atoms with E-state index in [1.165, 1.54) is 21.2 Å². The molecule has 7 heteroatoms. The standard InChI is InChI=1S/C16H12Cl2N2O3/c1-9-7-19(8-10-2-3-11(17)12(18)6-10)16(23)14-15(22)13(21)4-5-20(9)14/h2-7,22H,8H2,1H3. The van der Waals surface area contributed by atoms with E-state index in [1.54, 1.807) is 31.3 Å². The van der Waals surface area contributed by atoms with Gasteiger partial charge in [0.05, 0.1) is 16.6 Å². The third-order valence-electron chi connectivity index (χ3n) is 3.60. The molecule has 1 N–H and O–H groups in total. The van der Waals surface area contributed by atoms with Gasteiger partial charge in [-0.15, -0.1) is 0 Å². The molecule has 5 nitrogen and oxygen atoms in total. The summed E-state index contributed by atoms with van der Waals surface area (Å²) < 4.78 is 2.91. The van der Waals surface area contributed by atoms with Crippen LogP contribution in [0.15, 0.2) is 46.2 Å². The first-order chi connectivity index (χ1) is 10.9. The lowest BCUT2D eigenvalue weighted by molar-refractivity contribution is 0.472. The zero-order valence-electron chi connectivity index (χ0n) is 12.1. The average molecular weight is 351 g/mol. The van der Waals surface area contributed by atoms with E-state index in [0.29, 0.717) is 15.7 Å². The van der Waals surface area contributed by atoms with Gasteiger partial charge in [0.15, 0.2) is 11.3 Å². The fourth-order valence-electron chi connectivity index (χ4n) is 2.46. The Morgan fingerprint density at radius 2 is 1.87 bits per heavy atom. The first-order valence-corrected chi connectivity index (χ1v) is 7.52. The molecular weight excluding hydrogens is 339 g/mol. The maximum atomic E-state index is 12.6. The monoisotopic (exact) mass is 350 g/mol. The van der Waals surface area contributed by atoms with Crippen LogP contribution >= 0.6 is 23.2 Å². The molecule has 0 unspecified atom stereocenters. The van der Waals surface area contributed by atoms with Crippen molar-refractivity contribution in [1.29, 1.82) is 0 Å². The highest BCUT2D eigenvalue weighted by atomic mass is 35.5. The van der Waals surface area contributed by atoms with Crippen LogP contribution in [0.5, 0.6) is 5.75 Å². The molecule has 2 aromatic heterocycles. The van der Waals surface area contributed by atoms with Crippen LogP contribution in [0.1, 0.15) is 11.3 Å². The second kappa shape index (κ2) is 5.76. The van der Waals surface area contributed by atoms with Gasteiger partial charge in [-0.3, -0.25) is 9.59 Å². The number of nitrogens with zero attached hydrogens (tertiary/aromatic N) is 2. The number of rotatable bonds is 2. The van der Waals surface area contributed by atoms with E-state index in [1.807, 2.05) is 0 Å². The minimum Gasteiger partial charge on any atom is -0.503 e. The van der Waals surface area contributed by atoms with E-state index in [2.05, 4.69) is 0 Å². The molecule has 23 heavy (non-hydrogen) atoms. The van der Waals surface area contributed by atoms with Gasteiger partial charge in [0.1, 0.15) is 0 Å². The van der Waals surface area contributed by atoms with Crippen LogP contribution in [-0.2, 0) is 6.54 Å². The predicted octanol–water partition coefficient (Wildman–Crippen LogP) is 2.83. The predicted molar refractivity (Wildman–Crippen MR) is 89.9 cm³/mol. The largest absolute Gasteiger partial charge is 0.503 e. The van der Waals surface area contributed by atoms with Gasteiger partial charge in [0.2, 0.25) is 5.43 Å². The van der Waals surface area contributed by atoms with Crippen molar-refractivity contribution in [2.24, 2.45) is 0 Å². The van der Waals surface area contributed by atoms with E-state index < -0.39 is 16.7 Å².